The van der Waals surface area contributed by atoms with E-state index in [0.717, 1.165) is 25.1 Å². The van der Waals surface area contributed by atoms with E-state index in [-0.39, 0.29) is 10.8 Å². The Kier molecular flexibility index (Phi) is 5.93. The van der Waals surface area contributed by atoms with Gasteiger partial charge in [0, 0.05) is 31.7 Å². The van der Waals surface area contributed by atoms with Crippen LogP contribution in [0.15, 0.2) is 29.2 Å². The van der Waals surface area contributed by atoms with Gasteiger partial charge < -0.3 is 10.2 Å². The third kappa shape index (κ3) is 4.28. The highest BCUT2D eigenvalue weighted by Gasteiger charge is 2.22. The number of benzene rings is 1. The van der Waals surface area contributed by atoms with Crippen molar-refractivity contribution in [1.82, 2.24) is 10.0 Å². The summed E-state index contributed by atoms with van der Waals surface area (Å²) in [6, 6.07) is 6.46. The van der Waals surface area contributed by atoms with Crippen molar-refractivity contribution in [2.24, 2.45) is 0 Å². The molecular formula is C15H23N3O3S. The zero-order valence-electron chi connectivity index (χ0n) is 12.8. The summed E-state index contributed by atoms with van der Waals surface area (Å²) in [6.45, 7) is 4.60. The summed E-state index contributed by atoms with van der Waals surface area (Å²) in [5.41, 5.74) is 0.756. The first-order chi connectivity index (χ1) is 10.5. The smallest absolute Gasteiger partial charge is 0.240 e. The fourth-order valence-corrected chi connectivity index (χ4v) is 3.42. The first-order valence-electron chi connectivity index (χ1n) is 7.65. The van der Waals surface area contributed by atoms with Crippen molar-refractivity contribution >= 4 is 21.6 Å². The molecule has 1 aliphatic heterocycles. The van der Waals surface area contributed by atoms with Crippen molar-refractivity contribution in [3.05, 3.63) is 24.3 Å². The van der Waals surface area contributed by atoms with Crippen LogP contribution >= 0.6 is 0 Å². The minimum absolute atomic E-state index is 0.0933. The Bertz CT molecular complexity index is 599. The van der Waals surface area contributed by atoms with Gasteiger partial charge in [-0.2, -0.15) is 0 Å². The Hall–Kier alpha value is -1.44. The SMILES string of the molecule is CCCNCCNS(=O)(=O)c1ccc(N2CCCC2=O)cc1. The van der Waals surface area contributed by atoms with Crippen LogP contribution in [0, 0.1) is 0 Å². The molecule has 0 spiro atoms. The van der Waals surface area contributed by atoms with Crippen LogP contribution in [-0.2, 0) is 14.8 Å². The standard InChI is InChI=1S/C15H23N3O3S/c1-2-9-16-10-11-17-22(20,21)14-7-5-13(6-8-14)18-12-3-4-15(18)19/h5-8,16-17H,2-4,9-12H2,1H3. The lowest BCUT2D eigenvalue weighted by Gasteiger charge is -2.16. The molecule has 1 aliphatic rings. The zero-order chi connectivity index (χ0) is 16.0. The predicted molar refractivity (Wildman–Crippen MR) is 86.4 cm³/mol. The molecule has 0 radical (unpaired) electrons. The summed E-state index contributed by atoms with van der Waals surface area (Å²) in [5.74, 6) is 0.0933. The van der Waals surface area contributed by atoms with Gasteiger partial charge in [0.15, 0.2) is 0 Å². The number of carbonyl (C=O) groups excluding carboxylic acids is 1. The van der Waals surface area contributed by atoms with E-state index in [2.05, 4.69) is 17.0 Å². The summed E-state index contributed by atoms with van der Waals surface area (Å²) in [5, 5.41) is 3.14. The molecule has 7 heteroatoms. The van der Waals surface area contributed by atoms with Crippen molar-refractivity contribution in [2.45, 2.75) is 31.1 Å². The van der Waals surface area contributed by atoms with E-state index < -0.39 is 10.0 Å². The van der Waals surface area contributed by atoms with Crippen LogP contribution in [-0.4, -0.2) is 40.5 Å². The van der Waals surface area contributed by atoms with Gasteiger partial charge in [-0.15, -0.1) is 0 Å². The Balaban J connectivity index is 1.95. The molecule has 122 valence electrons. The van der Waals surface area contributed by atoms with E-state index in [1.807, 2.05) is 0 Å². The fraction of sp³-hybridized carbons (Fsp3) is 0.533. The van der Waals surface area contributed by atoms with Gasteiger partial charge >= 0.3 is 0 Å². The van der Waals surface area contributed by atoms with E-state index >= 15 is 0 Å². The van der Waals surface area contributed by atoms with Crippen LogP contribution in [0.5, 0.6) is 0 Å². The summed E-state index contributed by atoms with van der Waals surface area (Å²) in [6.07, 6.45) is 2.43. The van der Waals surface area contributed by atoms with Gasteiger partial charge in [-0.05, 0) is 43.7 Å². The molecule has 2 rings (SSSR count). The number of carbonyl (C=O) groups is 1. The van der Waals surface area contributed by atoms with E-state index in [4.69, 9.17) is 0 Å². The quantitative estimate of drug-likeness (QED) is 0.701. The maximum atomic E-state index is 12.1. The van der Waals surface area contributed by atoms with Gasteiger partial charge in [0.05, 0.1) is 4.90 Å². The number of hydrogen-bond donors (Lipinski definition) is 2. The molecule has 1 amide bonds. The van der Waals surface area contributed by atoms with Crippen molar-refractivity contribution in [2.75, 3.05) is 31.1 Å². The van der Waals surface area contributed by atoms with Gasteiger partial charge in [0.2, 0.25) is 15.9 Å². The van der Waals surface area contributed by atoms with E-state index in [1.165, 1.54) is 0 Å². The number of rotatable bonds is 8. The van der Waals surface area contributed by atoms with Crippen LogP contribution < -0.4 is 14.9 Å². The largest absolute Gasteiger partial charge is 0.315 e. The zero-order valence-corrected chi connectivity index (χ0v) is 13.7. The van der Waals surface area contributed by atoms with Crippen molar-refractivity contribution in [3.8, 4) is 0 Å². The van der Waals surface area contributed by atoms with Crippen LogP contribution in [0.1, 0.15) is 26.2 Å². The highest BCUT2D eigenvalue weighted by Crippen LogP contribution is 2.22. The second-order valence-electron chi connectivity index (χ2n) is 5.29. The fourth-order valence-electron chi connectivity index (χ4n) is 2.39. The summed E-state index contributed by atoms with van der Waals surface area (Å²) >= 11 is 0. The third-order valence-corrected chi connectivity index (χ3v) is 5.03. The molecule has 0 unspecified atom stereocenters. The van der Waals surface area contributed by atoms with Gasteiger partial charge in [-0.3, -0.25) is 4.79 Å². The predicted octanol–water partition coefficient (Wildman–Crippen LogP) is 1.09. The molecule has 1 aromatic carbocycles. The Morgan fingerprint density at radius 1 is 1.14 bits per heavy atom. The summed E-state index contributed by atoms with van der Waals surface area (Å²) in [4.78, 5) is 13.6. The third-order valence-electron chi connectivity index (χ3n) is 3.55. The van der Waals surface area contributed by atoms with Crippen LogP contribution in [0.2, 0.25) is 0 Å². The molecule has 1 heterocycles. The Morgan fingerprint density at radius 3 is 2.45 bits per heavy atom. The second kappa shape index (κ2) is 7.71. The van der Waals surface area contributed by atoms with E-state index in [1.54, 1.807) is 29.2 Å². The molecular weight excluding hydrogens is 302 g/mol. The maximum Gasteiger partial charge on any atom is 0.240 e. The number of anilines is 1. The first-order valence-corrected chi connectivity index (χ1v) is 9.13. The number of amides is 1. The number of nitrogens with zero attached hydrogens (tertiary/aromatic N) is 1. The maximum absolute atomic E-state index is 12.1. The highest BCUT2D eigenvalue weighted by molar-refractivity contribution is 7.89. The highest BCUT2D eigenvalue weighted by atomic mass is 32.2. The molecule has 1 aromatic rings. The van der Waals surface area contributed by atoms with Crippen molar-refractivity contribution < 1.29 is 13.2 Å². The second-order valence-corrected chi connectivity index (χ2v) is 7.06. The van der Waals surface area contributed by atoms with Crippen LogP contribution in [0.25, 0.3) is 0 Å². The molecule has 0 saturated carbocycles. The monoisotopic (exact) mass is 325 g/mol. The molecule has 2 N–H and O–H groups in total. The molecule has 1 fully saturated rings. The Labute approximate surface area is 131 Å². The van der Waals surface area contributed by atoms with Crippen molar-refractivity contribution in [1.29, 1.82) is 0 Å². The van der Waals surface area contributed by atoms with Crippen LogP contribution in [0.3, 0.4) is 0 Å². The summed E-state index contributed by atoms with van der Waals surface area (Å²) in [7, 11) is -3.49. The average molecular weight is 325 g/mol. The van der Waals surface area contributed by atoms with Gasteiger partial charge in [-0.1, -0.05) is 6.92 Å². The number of hydrogen-bond acceptors (Lipinski definition) is 4. The topological polar surface area (TPSA) is 78.5 Å². The van der Waals surface area contributed by atoms with E-state index in [0.29, 0.717) is 26.1 Å². The van der Waals surface area contributed by atoms with Gasteiger partial charge in [0.25, 0.3) is 0 Å². The number of sulfonamides is 1. The summed E-state index contributed by atoms with van der Waals surface area (Å²) < 4.78 is 26.8. The molecule has 0 aliphatic carbocycles. The lowest BCUT2D eigenvalue weighted by Crippen LogP contribution is -2.32. The van der Waals surface area contributed by atoms with Crippen molar-refractivity contribution in [3.63, 3.8) is 0 Å². The minimum Gasteiger partial charge on any atom is -0.315 e. The van der Waals surface area contributed by atoms with Gasteiger partial charge in [-0.25, -0.2) is 13.1 Å². The lowest BCUT2D eigenvalue weighted by atomic mass is 10.3. The normalized spacial score (nSPS) is 15.5. The average Bonchev–Trinajstić information content (AvgIpc) is 2.93. The lowest BCUT2D eigenvalue weighted by molar-refractivity contribution is -0.117. The van der Waals surface area contributed by atoms with Crippen LogP contribution in [0.4, 0.5) is 5.69 Å². The number of nitrogens with one attached hydrogen (secondary N) is 2. The molecule has 6 nitrogen and oxygen atoms in total. The molecule has 0 bridgehead atoms. The minimum atomic E-state index is -3.49. The molecule has 22 heavy (non-hydrogen) atoms. The Morgan fingerprint density at radius 2 is 1.86 bits per heavy atom. The van der Waals surface area contributed by atoms with Gasteiger partial charge in [0.1, 0.15) is 0 Å². The van der Waals surface area contributed by atoms with E-state index in [9.17, 15) is 13.2 Å². The first kappa shape index (κ1) is 16.9. The molecule has 0 atom stereocenters. The molecule has 0 aromatic heterocycles. The molecule has 1 saturated heterocycles.